The van der Waals surface area contributed by atoms with Crippen molar-refractivity contribution in [3.05, 3.63) is 10.6 Å². The molecule has 0 saturated heterocycles. The van der Waals surface area contributed by atoms with Crippen LogP contribution in [0.3, 0.4) is 0 Å². The second-order valence-electron chi connectivity index (χ2n) is 2.30. The number of halogens is 2. The normalized spacial score (nSPS) is 14.8. The molecule has 0 aromatic carbocycles. The second-order valence-corrected chi connectivity index (χ2v) is 3.00. The van der Waals surface area contributed by atoms with Crippen molar-refractivity contribution in [3.8, 4) is 0 Å². The summed E-state index contributed by atoms with van der Waals surface area (Å²) in [5.74, 6) is 0. The van der Waals surface area contributed by atoms with Crippen LogP contribution in [0.25, 0.3) is 0 Å². The van der Waals surface area contributed by atoms with Crippen molar-refractivity contribution in [2.75, 3.05) is 26.8 Å². The third-order valence-corrected chi connectivity index (χ3v) is 1.77. The number of methoxy groups -OCH3 is 1. The Kier molecular flexibility index (Phi) is 7.96. The van der Waals surface area contributed by atoms with E-state index < -0.39 is 6.10 Å². The van der Waals surface area contributed by atoms with Crippen LogP contribution < -0.4 is 5.32 Å². The third kappa shape index (κ3) is 6.88. The number of ether oxygens (including phenoxy) is 1. The maximum atomic E-state index is 9.15. The quantitative estimate of drug-likeness (QED) is 0.690. The average Bonchev–Trinajstić information content (AvgIpc) is 2.04. The Morgan fingerprint density at radius 3 is 2.92 bits per heavy atom. The molecule has 1 unspecified atom stereocenters. The maximum Gasteiger partial charge on any atom is 0.0897 e. The van der Waals surface area contributed by atoms with Gasteiger partial charge in [-0.05, 0) is 0 Å². The van der Waals surface area contributed by atoms with Crippen molar-refractivity contribution in [2.24, 2.45) is 0 Å². The highest BCUT2D eigenvalue weighted by Gasteiger charge is 2.01. The van der Waals surface area contributed by atoms with Gasteiger partial charge in [-0.25, -0.2) is 0 Å². The number of rotatable bonds is 6. The van der Waals surface area contributed by atoms with Crippen molar-refractivity contribution < 1.29 is 9.84 Å². The van der Waals surface area contributed by atoms with E-state index in [2.05, 4.69) is 5.32 Å². The molecule has 0 fully saturated rings. The number of nitrogens with one attached hydrogen (secondary N) is 1. The van der Waals surface area contributed by atoms with E-state index in [9.17, 15) is 0 Å². The number of aliphatic hydroxyl groups is 1. The van der Waals surface area contributed by atoms with Gasteiger partial charge in [0.2, 0.25) is 0 Å². The lowest BCUT2D eigenvalue weighted by atomic mass is 10.4. The molecule has 0 aliphatic heterocycles. The van der Waals surface area contributed by atoms with Gasteiger partial charge in [0.1, 0.15) is 0 Å². The summed E-state index contributed by atoms with van der Waals surface area (Å²) in [6.07, 6.45) is -0.505. The Balaban J connectivity index is 3.30. The van der Waals surface area contributed by atoms with Crippen LogP contribution in [0.15, 0.2) is 10.6 Å². The Hall–Kier alpha value is 0.200. The van der Waals surface area contributed by atoms with E-state index in [1.165, 1.54) is 12.6 Å². The molecule has 0 saturated carbocycles. The monoisotopic (exact) mass is 213 g/mol. The zero-order chi connectivity index (χ0) is 9.40. The maximum absolute atomic E-state index is 9.15. The summed E-state index contributed by atoms with van der Waals surface area (Å²) in [7, 11) is 1.54. The lowest BCUT2D eigenvalue weighted by molar-refractivity contribution is 0.0652. The van der Waals surface area contributed by atoms with Crippen LogP contribution in [0.1, 0.15) is 0 Å². The summed E-state index contributed by atoms with van der Waals surface area (Å²) >= 11 is 10.9. The minimum absolute atomic E-state index is 0.315. The summed E-state index contributed by atoms with van der Waals surface area (Å²) in [5, 5.41) is 12.6. The van der Waals surface area contributed by atoms with Gasteiger partial charge in [0, 0.05) is 30.8 Å². The molecule has 0 heterocycles. The topological polar surface area (TPSA) is 41.5 Å². The number of hydrogen-bond acceptors (Lipinski definition) is 3. The molecule has 0 amide bonds. The Morgan fingerprint density at radius 1 is 1.75 bits per heavy atom. The fourth-order valence-corrected chi connectivity index (χ4v) is 0.820. The van der Waals surface area contributed by atoms with Crippen LogP contribution >= 0.6 is 23.2 Å². The van der Waals surface area contributed by atoms with Crippen LogP contribution in [0.2, 0.25) is 0 Å². The highest BCUT2D eigenvalue weighted by molar-refractivity contribution is 6.36. The van der Waals surface area contributed by atoms with Crippen molar-refractivity contribution in [3.63, 3.8) is 0 Å². The molecule has 0 radical (unpaired) electrons. The summed E-state index contributed by atoms with van der Waals surface area (Å²) in [4.78, 5) is 0. The molecule has 12 heavy (non-hydrogen) atoms. The lowest BCUT2D eigenvalue weighted by Gasteiger charge is -2.09. The van der Waals surface area contributed by atoms with Gasteiger partial charge in [0.25, 0.3) is 0 Å². The standard InChI is InChI=1S/C7H13Cl2NO2/c1-12-5-7(11)4-10-3-6(9)2-8/h2,7,10-11H,3-5H2,1H3. The molecular formula is C7H13Cl2NO2. The van der Waals surface area contributed by atoms with Gasteiger partial charge in [0.05, 0.1) is 12.7 Å². The summed E-state index contributed by atoms with van der Waals surface area (Å²) in [6, 6.07) is 0. The van der Waals surface area contributed by atoms with Gasteiger partial charge < -0.3 is 15.2 Å². The molecule has 0 rings (SSSR count). The molecule has 0 bridgehead atoms. The van der Waals surface area contributed by atoms with Crippen LogP contribution in [0, 0.1) is 0 Å². The van der Waals surface area contributed by atoms with Crippen molar-refractivity contribution >= 4 is 23.2 Å². The largest absolute Gasteiger partial charge is 0.389 e. The Labute approximate surface area is 82.3 Å². The molecular weight excluding hydrogens is 201 g/mol. The highest BCUT2D eigenvalue weighted by Crippen LogP contribution is 1.99. The summed E-state index contributed by atoms with van der Waals surface area (Å²) < 4.78 is 4.72. The van der Waals surface area contributed by atoms with E-state index in [0.29, 0.717) is 24.7 Å². The van der Waals surface area contributed by atoms with E-state index in [4.69, 9.17) is 33.0 Å². The van der Waals surface area contributed by atoms with E-state index >= 15 is 0 Å². The first-order chi connectivity index (χ1) is 5.70. The fourth-order valence-electron chi connectivity index (χ4n) is 0.648. The zero-order valence-electron chi connectivity index (χ0n) is 6.89. The van der Waals surface area contributed by atoms with Gasteiger partial charge in [-0.2, -0.15) is 0 Å². The van der Waals surface area contributed by atoms with E-state index in [-0.39, 0.29) is 0 Å². The van der Waals surface area contributed by atoms with Crippen molar-refractivity contribution in [2.45, 2.75) is 6.10 Å². The van der Waals surface area contributed by atoms with Gasteiger partial charge in [-0.3, -0.25) is 0 Å². The molecule has 72 valence electrons. The smallest absolute Gasteiger partial charge is 0.0897 e. The highest BCUT2D eigenvalue weighted by atomic mass is 35.5. The first kappa shape index (κ1) is 12.2. The van der Waals surface area contributed by atoms with Crippen LogP contribution in [-0.4, -0.2) is 38.0 Å². The number of hydrogen-bond donors (Lipinski definition) is 2. The van der Waals surface area contributed by atoms with Gasteiger partial charge in [-0.1, -0.05) is 23.2 Å². The molecule has 1 atom stereocenters. The lowest BCUT2D eigenvalue weighted by Crippen LogP contribution is -2.30. The first-order valence-electron chi connectivity index (χ1n) is 3.53. The first-order valence-corrected chi connectivity index (χ1v) is 4.34. The van der Waals surface area contributed by atoms with E-state index in [0.717, 1.165) is 0 Å². The van der Waals surface area contributed by atoms with Gasteiger partial charge in [0.15, 0.2) is 0 Å². The third-order valence-electron chi connectivity index (χ3n) is 1.15. The van der Waals surface area contributed by atoms with E-state index in [1.807, 2.05) is 0 Å². The molecule has 0 spiro atoms. The van der Waals surface area contributed by atoms with Crippen molar-refractivity contribution in [1.82, 2.24) is 5.32 Å². The fraction of sp³-hybridized carbons (Fsp3) is 0.714. The van der Waals surface area contributed by atoms with Crippen molar-refractivity contribution in [1.29, 1.82) is 0 Å². The van der Waals surface area contributed by atoms with Crippen LogP contribution in [0.5, 0.6) is 0 Å². The van der Waals surface area contributed by atoms with Crippen LogP contribution in [0.4, 0.5) is 0 Å². The molecule has 0 aromatic rings. The predicted molar refractivity (Wildman–Crippen MR) is 50.5 cm³/mol. The van der Waals surface area contributed by atoms with E-state index in [1.54, 1.807) is 0 Å². The van der Waals surface area contributed by atoms with Gasteiger partial charge in [-0.15, -0.1) is 0 Å². The Bertz CT molecular complexity index is 141. The number of aliphatic hydroxyl groups excluding tert-OH is 1. The minimum atomic E-state index is -0.505. The zero-order valence-corrected chi connectivity index (χ0v) is 8.40. The van der Waals surface area contributed by atoms with Crippen LogP contribution in [-0.2, 0) is 4.74 Å². The summed E-state index contributed by atoms with van der Waals surface area (Å²) in [5.41, 5.74) is 1.29. The molecule has 2 N–H and O–H groups in total. The molecule has 5 heteroatoms. The molecule has 0 aromatic heterocycles. The molecule has 3 nitrogen and oxygen atoms in total. The average molecular weight is 214 g/mol. The summed E-state index contributed by atoms with van der Waals surface area (Å²) in [6.45, 7) is 1.22. The molecule has 0 aliphatic carbocycles. The minimum Gasteiger partial charge on any atom is -0.389 e. The SMILES string of the molecule is COCC(O)CNCC(Cl)=CCl. The van der Waals surface area contributed by atoms with Gasteiger partial charge >= 0.3 is 0 Å². The predicted octanol–water partition coefficient (Wildman–Crippen LogP) is 0.902. The molecule has 0 aliphatic rings. The second kappa shape index (κ2) is 7.83. The Morgan fingerprint density at radius 2 is 2.42 bits per heavy atom.